The molecule has 1 fully saturated rings. The summed E-state index contributed by atoms with van der Waals surface area (Å²) in [6, 6.07) is 1.60. The van der Waals surface area contributed by atoms with Crippen LogP contribution in [0.1, 0.15) is 12.8 Å². The van der Waals surface area contributed by atoms with Crippen molar-refractivity contribution in [1.29, 1.82) is 0 Å². The number of carbonyl (C=O) groups excluding carboxylic acids is 1. The van der Waals surface area contributed by atoms with Crippen molar-refractivity contribution in [2.75, 3.05) is 20.1 Å². The number of hydrogen-bond donors (Lipinski definition) is 1. The smallest absolute Gasteiger partial charge is 0.331 e. The van der Waals surface area contributed by atoms with Crippen molar-refractivity contribution in [2.24, 2.45) is 7.05 Å². The third-order valence-corrected chi connectivity index (χ3v) is 3.75. The van der Waals surface area contributed by atoms with Gasteiger partial charge in [0.05, 0.1) is 0 Å². The van der Waals surface area contributed by atoms with Gasteiger partial charge in [0.25, 0.3) is 5.56 Å². The monoisotopic (exact) mass is 316 g/mol. The minimum Gasteiger partial charge on any atom is -0.340 e. The second-order valence-electron chi connectivity index (χ2n) is 5.09. The van der Waals surface area contributed by atoms with Gasteiger partial charge in [-0.05, 0) is 19.9 Å². The molecular weight excluding hydrogens is 296 g/mol. The first-order valence-corrected chi connectivity index (χ1v) is 6.74. The average Bonchev–Trinajstić information content (AvgIpc) is 2.48. The summed E-state index contributed by atoms with van der Waals surface area (Å²) < 4.78 is 2.27. The van der Waals surface area contributed by atoms with Crippen LogP contribution in [0.25, 0.3) is 0 Å². The van der Waals surface area contributed by atoms with E-state index >= 15 is 0 Å². The molecule has 0 radical (unpaired) electrons. The lowest BCUT2D eigenvalue weighted by Gasteiger charge is -2.32. The van der Waals surface area contributed by atoms with E-state index in [4.69, 9.17) is 0 Å². The molecule has 0 aliphatic carbocycles. The second-order valence-corrected chi connectivity index (χ2v) is 5.09. The molecule has 1 aromatic rings. The van der Waals surface area contributed by atoms with Crippen molar-refractivity contribution >= 4 is 18.3 Å². The first kappa shape index (κ1) is 17.5. The van der Waals surface area contributed by atoms with Crippen LogP contribution in [0.2, 0.25) is 0 Å². The SMILES string of the molecule is CNC1CCCN(C(=O)Cn2ccc(=O)n(C)c2=O)C1.Cl. The minimum atomic E-state index is -0.465. The largest absolute Gasteiger partial charge is 0.340 e. The molecule has 1 aromatic heterocycles. The first-order valence-electron chi connectivity index (χ1n) is 6.74. The Hall–Kier alpha value is -1.60. The fraction of sp³-hybridized carbons (Fsp3) is 0.615. The summed E-state index contributed by atoms with van der Waals surface area (Å²) in [5.74, 6) is -0.0919. The Morgan fingerprint density at radius 3 is 2.81 bits per heavy atom. The number of aromatic nitrogens is 2. The van der Waals surface area contributed by atoms with E-state index in [-0.39, 0.29) is 30.4 Å². The van der Waals surface area contributed by atoms with Crippen molar-refractivity contribution in [2.45, 2.75) is 25.4 Å². The standard InChI is InChI=1S/C13H20N4O3.ClH/c1-14-10-4-3-6-16(8-10)12(19)9-17-7-5-11(18)15(2)13(17)20;/h5,7,10,14H,3-4,6,8-9H2,1-2H3;1H. The first-order chi connectivity index (χ1) is 9.52. The van der Waals surface area contributed by atoms with Crippen LogP contribution in [0.3, 0.4) is 0 Å². The highest BCUT2D eigenvalue weighted by molar-refractivity contribution is 5.85. The molecular formula is C13H21ClN4O3. The van der Waals surface area contributed by atoms with Crippen LogP contribution in [-0.4, -0.2) is 46.1 Å². The third kappa shape index (κ3) is 3.95. The van der Waals surface area contributed by atoms with Gasteiger partial charge in [-0.1, -0.05) is 0 Å². The van der Waals surface area contributed by atoms with Gasteiger partial charge >= 0.3 is 5.69 Å². The van der Waals surface area contributed by atoms with Gasteiger partial charge in [-0.3, -0.25) is 18.7 Å². The molecule has 1 aliphatic heterocycles. The van der Waals surface area contributed by atoms with Gasteiger partial charge in [-0.2, -0.15) is 0 Å². The van der Waals surface area contributed by atoms with Crippen molar-refractivity contribution < 1.29 is 4.79 Å². The number of nitrogens with zero attached hydrogens (tertiary/aromatic N) is 3. The van der Waals surface area contributed by atoms with E-state index < -0.39 is 5.69 Å². The lowest BCUT2D eigenvalue weighted by molar-refractivity contribution is -0.133. The molecule has 0 saturated carbocycles. The maximum Gasteiger partial charge on any atom is 0.331 e. The summed E-state index contributed by atoms with van der Waals surface area (Å²) in [6.07, 6.45) is 3.39. The van der Waals surface area contributed by atoms with Crippen molar-refractivity contribution in [3.8, 4) is 0 Å². The summed E-state index contributed by atoms with van der Waals surface area (Å²) in [6.45, 7) is 1.36. The van der Waals surface area contributed by atoms with E-state index in [9.17, 15) is 14.4 Å². The number of amides is 1. The number of rotatable bonds is 3. The highest BCUT2D eigenvalue weighted by Crippen LogP contribution is 2.10. The van der Waals surface area contributed by atoms with Crippen LogP contribution in [0.15, 0.2) is 21.9 Å². The quantitative estimate of drug-likeness (QED) is 0.790. The van der Waals surface area contributed by atoms with E-state index in [1.807, 2.05) is 7.05 Å². The predicted octanol–water partition coefficient (Wildman–Crippen LogP) is -0.821. The van der Waals surface area contributed by atoms with Crippen LogP contribution in [-0.2, 0) is 18.4 Å². The molecule has 8 heteroatoms. The molecule has 1 amide bonds. The van der Waals surface area contributed by atoms with Gasteiger partial charge in [-0.25, -0.2) is 4.79 Å². The molecule has 1 N–H and O–H groups in total. The number of piperidine rings is 1. The molecule has 21 heavy (non-hydrogen) atoms. The van der Waals surface area contributed by atoms with Crippen molar-refractivity contribution in [1.82, 2.24) is 19.4 Å². The molecule has 2 heterocycles. The summed E-state index contributed by atoms with van der Waals surface area (Å²) in [4.78, 5) is 37.2. The molecule has 118 valence electrons. The highest BCUT2D eigenvalue weighted by Gasteiger charge is 2.22. The molecule has 1 aliphatic rings. The zero-order valence-corrected chi connectivity index (χ0v) is 13.1. The molecule has 0 bridgehead atoms. The fourth-order valence-electron chi connectivity index (χ4n) is 2.42. The van der Waals surface area contributed by atoms with Crippen LogP contribution < -0.4 is 16.6 Å². The average molecular weight is 317 g/mol. The van der Waals surface area contributed by atoms with Crippen molar-refractivity contribution in [3.05, 3.63) is 33.1 Å². The van der Waals surface area contributed by atoms with Gasteiger partial charge in [0.2, 0.25) is 5.91 Å². The van der Waals surface area contributed by atoms with E-state index in [0.717, 1.165) is 24.0 Å². The van der Waals surface area contributed by atoms with Gasteiger partial charge in [0, 0.05) is 38.4 Å². The van der Waals surface area contributed by atoms with E-state index in [2.05, 4.69) is 5.32 Å². The zero-order chi connectivity index (χ0) is 14.7. The van der Waals surface area contributed by atoms with E-state index in [1.165, 1.54) is 23.9 Å². The number of halogens is 1. The summed E-state index contributed by atoms with van der Waals surface area (Å²) >= 11 is 0. The Labute approximate surface area is 129 Å². The maximum absolute atomic E-state index is 12.2. The number of hydrogen-bond acceptors (Lipinski definition) is 4. The maximum atomic E-state index is 12.2. The Morgan fingerprint density at radius 1 is 1.43 bits per heavy atom. The third-order valence-electron chi connectivity index (χ3n) is 3.75. The summed E-state index contributed by atoms with van der Waals surface area (Å²) in [5, 5.41) is 3.17. The normalized spacial score (nSPS) is 18.2. The number of likely N-dealkylation sites (N-methyl/N-ethyl adjacent to an activating group) is 1. The lowest BCUT2D eigenvalue weighted by atomic mass is 10.1. The summed E-state index contributed by atoms with van der Waals surface area (Å²) in [5.41, 5.74) is -0.833. The molecule has 7 nitrogen and oxygen atoms in total. The molecule has 2 rings (SSSR count). The molecule has 1 saturated heterocycles. The molecule has 1 atom stereocenters. The van der Waals surface area contributed by atoms with Crippen LogP contribution in [0.5, 0.6) is 0 Å². The van der Waals surface area contributed by atoms with Gasteiger partial charge in [0.1, 0.15) is 6.54 Å². The predicted molar refractivity (Wildman–Crippen MR) is 81.9 cm³/mol. The molecule has 0 spiro atoms. The second kappa shape index (κ2) is 7.42. The van der Waals surface area contributed by atoms with Crippen LogP contribution in [0, 0.1) is 0 Å². The molecule has 0 aromatic carbocycles. The van der Waals surface area contributed by atoms with Gasteiger partial charge in [-0.15, -0.1) is 12.4 Å². The van der Waals surface area contributed by atoms with Crippen molar-refractivity contribution in [3.63, 3.8) is 0 Å². The van der Waals surface area contributed by atoms with E-state index in [0.29, 0.717) is 12.6 Å². The van der Waals surface area contributed by atoms with Crippen LogP contribution >= 0.6 is 12.4 Å². The van der Waals surface area contributed by atoms with Gasteiger partial charge < -0.3 is 10.2 Å². The van der Waals surface area contributed by atoms with E-state index in [1.54, 1.807) is 4.90 Å². The van der Waals surface area contributed by atoms with Gasteiger partial charge in [0.15, 0.2) is 0 Å². The fourth-order valence-corrected chi connectivity index (χ4v) is 2.42. The lowest BCUT2D eigenvalue weighted by Crippen LogP contribution is -2.49. The Balaban J connectivity index is 0.00000220. The summed E-state index contributed by atoms with van der Waals surface area (Å²) in [7, 11) is 3.29. The minimum absolute atomic E-state index is 0. The van der Waals surface area contributed by atoms with Crippen LogP contribution in [0.4, 0.5) is 0 Å². The number of carbonyl (C=O) groups is 1. The Morgan fingerprint density at radius 2 is 2.14 bits per heavy atom. The Bertz CT molecular complexity index is 610. The Kier molecular flexibility index (Phi) is 6.17. The highest BCUT2D eigenvalue weighted by atomic mass is 35.5. The zero-order valence-electron chi connectivity index (χ0n) is 12.2. The topological polar surface area (TPSA) is 76.3 Å². The number of nitrogens with one attached hydrogen (secondary N) is 1. The molecule has 1 unspecified atom stereocenters. The number of likely N-dealkylation sites (tertiary alicyclic amines) is 1.